The van der Waals surface area contributed by atoms with Crippen LogP contribution in [0.1, 0.15) is 13.8 Å². The van der Waals surface area contributed by atoms with E-state index < -0.39 is 31.2 Å². The number of alkyl halides is 3. The Bertz CT molecular complexity index is 429. The number of amides is 3. The number of nitrogens with one attached hydrogen (secondary N) is 1. The third-order valence-corrected chi connectivity index (χ3v) is 3.89. The lowest BCUT2D eigenvalue weighted by atomic mass is 10.0. The second kappa shape index (κ2) is 7.85. The van der Waals surface area contributed by atoms with Crippen LogP contribution in [0.4, 0.5) is 18.0 Å². The summed E-state index contributed by atoms with van der Waals surface area (Å²) < 4.78 is 36.7. The van der Waals surface area contributed by atoms with E-state index in [1.54, 1.807) is 4.90 Å². The van der Waals surface area contributed by atoms with Crippen molar-refractivity contribution < 1.29 is 22.8 Å². The van der Waals surface area contributed by atoms with Crippen LogP contribution >= 0.6 is 0 Å². The van der Waals surface area contributed by atoms with E-state index in [0.717, 1.165) is 20.1 Å². The zero-order chi connectivity index (χ0) is 17.8. The average molecular weight is 338 g/mol. The summed E-state index contributed by atoms with van der Waals surface area (Å²) in [7, 11) is 3.04. The van der Waals surface area contributed by atoms with Gasteiger partial charge in [0.05, 0.1) is 6.54 Å². The normalized spacial score (nSPS) is 19.8. The third-order valence-electron chi connectivity index (χ3n) is 3.89. The van der Waals surface area contributed by atoms with Gasteiger partial charge < -0.3 is 20.0 Å². The summed E-state index contributed by atoms with van der Waals surface area (Å²) >= 11 is 0. The number of hydrogen-bond donors (Lipinski definition) is 1. The monoisotopic (exact) mass is 338 g/mol. The lowest BCUT2D eigenvalue weighted by Gasteiger charge is -2.42. The maximum Gasteiger partial charge on any atom is 0.406 e. The molecule has 9 heteroatoms. The summed E-state index contributed by atoms with van der Waals surface area (Å²) in [5.74, 6) is -0.530. The number of urea groups is 1. The topological polar surface area (TPSA) is 55.9 Å². The predicted molar refractivity (Wildman–Crippen MR) is 79.9 cm³/mol. The van der Waals surface area contributed by atoms with Crippen molar-refractivity contribution in [3.63, 3.8) is 0 Å². The van der Waals surface area contributed by atoms with Crippen molar-refractivity contribution in [1.29, 1.82) is 0 Å². The predicted octanol–water partition coefficient (Wildman–Crippen LogP) is 0.989. The number of nitrogens with zero attached hydrogens (tertiary/aromatic N) is 3. The van der Waals surface area contributed by atoms with Gasteiger partial charge in [0.1, 0.15) is 6.54 Å². The van der Waals surface area contributed by atoms with Crippen LogP contribution in [-0.2, 0) is 4.79 Å². The van der Waals surface area contributed by atoms with Crippen LogP contribution in [0.3, 0.4) is 0 Å². The molecule has 1 aliphatic rings. The minimum absolute atomic E-state index is 0.0109. The van der Waals surface area contributed by atoms with E-state index in [0.29, 0.717) is 11.4 Å². The molecular formula is C14H25F3N4O2. The van der Waals surface area contributed by atoms with Crippen LogP contribution in [0.15, 0.2) is 0 Å². The summed E-state index contributed by atoms with van der Waals surface area (Å²) in [5.41, 5.74) is 0. The molecule has 1 heterocycles. The Morgan fingerprint density at radius 3 is 2.43 bits per heavy atom. The SMILES string of the molecule is CC(C)[C@H]1CN(C)CCN1C(=O)NCC(=O)N(C)CC(F)(F)F. The Balaban J connectivity index is 2.53. The molecule has 1 atom stereocenters. The highest BCUT2D eigenvalue weighted by atomic mass is 19.4. The Hall–Kier alpha value is -1.51. The first-order valence-electron chi connectivity index (χ1n) is 7.55. The smallest absolute Gasteiger partial charge is 0.335 e. The fourth-order valence-electron chi connectivity index (χ4n) is 2.52. The van der Waals surface area contributed by atoms with E-state index in [1.807, 2.05) is 20.9 Å². The van der Waals surface area contributed by atoms with Gasteiger partial charge in [-0.15, -0.1) is 0 Å². The number of halogens is 3. The molecule has 0 aliphatic carbocycles. The highest BCUT2D eigenvalue weighted by molar-refractivity contribution is 5.84. The van der Waals surface area contributed by atoms with Crippen LogP contribution in [0.25, 0.3) is 0 Å². The van der Waals surface area contributed by atoms with Crippen LogP contribution in [0, 0.1) is 5.92 Å². The largest absolute Gasteiger partial charge is 0.406 e. The molecule has 3 amide bonds. The zero-order valence-corrected chi connectivity index (χ0v) is 14.0. The minimum Gasteiger partial charge on any atom is -0.335 e. The zero-order valence-electron chi connectivity index (χ0n) is 14.0. The molecule has 0 radical (unpaired) electrons. The lowest BCUT2D eigenvalue weighted by Crippen LogP contribution is -2.59. The summed E-state index contributed by atoms with van der Waals surface area (Å²) in [4.78, 5) is 28.2. The first kappa shape index (κ1) is 19.5. The van der Waals surface area contributed by atoms with E-state index in [-0.39, 0.29) is 12.0 Å². The fraction of sp³-hybridized carbons (Fsp3) is 0.857. The van der Waals surface area contributed by atoms with Gasteiger partial charge in [0.2, 0.25) is 5.91 Å². The van der Waals surface area contributed by atoms with Gasteiger partial charge in [-0.3, -0.25) is 4.79 Å². The third kappa shape index (κ3) is 6.25. The van der Waals surface area contributed by atoms with E-state index in [1.165, 1.54) is 0 Å². The maximum atomic E-state index is 12.2. The average Bonchev–Trinajstić information content (AvgIpc) is 2.42. The van der Waals surface area contributed by atoms with Crippen LogP contribution in [0.5, 0.6) is 0 Å². The van der Waals surface area contributed by atoms with Crippen molar-refractivity contribution in [1.82, 2.24) is 20.0 Å². The summed E-state index contributed by atoms with van der Waals surface area (Å²) in [6.07, 6.45) is -4.45. The molecule has 0 bridgehead atoms. The second-order valence-electron chi connectivity index (χ2n) is 6.29. The highest BCUT2D eigenvalue weighted by Gasteiger charge is 2.33. The molecular weight excluding hydrogens is 313 g/mol. The fourth-order valence-corrected chi connectivity index (χ4v) is 2.52. The molecule has 1 aliphatic heterocycles. The molecule has 0 saturated carbocycles. The summed E-state index contributed by atoms with van der Waals surface area (Å²) in [6, 6.07) is -0.401. The first-order valence-corrected chi connectivity index (χ1v) is 7.55. The second-order valence-corrected chi connectivity index (χ2v) is 6.29. The van der Waals surface area contributed by atoms with Gasteiger partial charge in [0, 0.05) is 32.7 Å². The van der Waals surface area contributed by atoms with Crippen molar-refractivity contribution in [3.8, 4) is 0 Å². The number of rotatable bonds is 4. The molecule has 1 saturated heterocycles. The molecule has 134 valence electrons. The van der Waals surface area contributed by atoms with Gasteiger partial charge >= 0.3 is 12.2 Å². The molecule has 0 aromatic carbocycles. The number of carbonyl (C=O) groups is 2. The summed E-state index contributed by atoms with van der Waals surface area (Å²) in [6.45, 7) is 4.22. The Labute approximate surface area is 134 Å². The Morgan fingerprint density at radius 2 is 1.91 bits per heavy atom. The van der Waals surface area contributed by atoms with Crippen LogP contribution in [0.2, 0.25) is 0 Å². The number of likely N-dealkylation sites (N-methyl/N-ethyl adjacent to an activating group) is 2. The molecule has 0 aromatic rings. The first-order chi connectivity index (χ1) is 10.5. The number of carbonyl (C=O) groups excluding carboxylic acids is 2. The number of hydrogen-bond acceptors (Lipinski definition) is 3. The van der Waals surface area contributed by atoms with E-state index in [9.17, 15) is 22.8 Å². The van der Waals surface area contributed by atoms with Crippen molar-refractivity contribution in [2.24, 2.45) is 5.92 Å². The van der Waals surface area contributed by atoms with Gasteiger partial charge in [0.15, 0.2) is 0 Å². The Kier molecular flexibility index (Phi) is 6.67. The minimum atomic E-state index is -4.45. The maximum absolute atomic E-state index is 12.2. The standard InChI is InChI=1S/C14H25F3N4O2/c1-10(2)11-8-19(3)5-6-21(11)13(23)18-7-12(22)20(4)9-14(15,16)17/h10-11H,5-9H2,1-4H3,(H,18,23)/t11-/m1/s1. The lowest BCUT2D eigenvalue weighted by molar-refractivity contribution is -0.157. The highest BCUT2D eigenvalue weighted by Crippen LogP contribution is 2.17. The molecule has 1 fully saturated rings. The van der Waals surface area contributed by atoms with Gasteiger partial charge in [-0.25, -0.2) is 4.79 Å². The van der Waals surface area contributed by atoms with E-state index in [4.69, 9.17) is 0 Å². The van der Waals surface area contributed by atoms with Gasteiger partial charge in [-0.1, -0.05) is 13.8 Å². The van der Waals surface area contributed by atoms with Crippen LogP contribution in [-0.4, -0.2) is 85.7 Å². The molecule has 0 spiro atoms. The molecule has 1 rings (SSSR count). The quantitative estimate of drug-likeness (QED) is 0.832. The molecule has 6 nitrogen and oxygen atoms in total. The molecule has 1 N–H and O–H groups in total. The van der Waals surface area contributed by atoms with E-state index in [2.05, 4.69) is 10.2 Å². The molecule has 23 heavy (non-hydrogen) atoms. The summed E-state index contributed by atoms with van der Waals surface area (Å²) in [5, 5.41) is 2.43. The van der Waals surface area contributed by atoms with Crippen LogP contribution < -0.4 is 5.32 Å². The van der Waals surface area contributed by atoms with Gasteiger partial charge in [-0.2, -0.15) is 13.2 Å². The van der Waals surface area contributed by atoms with Crippen molar-refractivity contribution in [3.05, 3.63) is 0 Å². The van der Waals surface area contributed by atoms with Crippen molar-refractivity contribution in [2.75, 3.05) is 46.8 Å². The molecule has 0 unspecified atom stereocenters. The van der Waals surface area contributed by atoms with Gasteiger partial charge in [-0.05, 0) is 13.0 Å². The molecule has 0 aromatic heterocycles. The van der Waals surface area contributed by atoms with Gasteiger partial charge in [0.25, 0.3) is 0 Å². The Morgan fingerprint density at radius 1 is 1.30 bits per heavy atom. The van der Waals surface area contributed by atoms with Crippen molar-refractivity contribution >= 4 is 11.9 Å². The van der Waals surface area contributed by atoms with E-state index >= 15 is 0 Å². The van der Waals surface area contributed by atoms with Crippen molar-refractivity contribution in [2.45, 2.75) is 26.1 Å². The number of piperazine rings is 1.